The number of carbonyl (C=O) groups is 2. The minimum atomic E-state index is -0.557. The van der Waals surface area contributed by atoms with Crippen LogP contribution in [0, 0.1) is 0 Å². The molecule has 108 valence electrons. The van der Waals surface area contributed by atoms with Crippen molar-refractivity contribution in [3.63, 3.8) is 0 Å². The second-order valence-corrected chi connectivity index (χ2v) is 5.12. The Morgan fingerprint density at radius 1 is 1.25 bits per heavy atom. The molecule has 6 heteroatoms. The topological polar surface area (TPSA) is 49.9 Å². The minimum Gasteiger partial charge on any atom is -0.481 e. The van der Waals surface area contributed by atoms with Crippen molar-refractivity contribution >= 4 is 23.9 Å². The average Bonchev–Trinajstić information content (AvgIpc) is 2.49. The summed E-state index contributed by atoms with van der Waals surface area (Å²) in [5, 5.41) is 0.626. The van der Waals surface area contributed by atoms with Crippen molar-refractivity contribution in [3.8, 4) is 5.75 Å². The highest BCUT2D eigenvalue weighted by atomic mass is 35.5. The molecule has 0 radical (unpaired) electrons. The highest BCUT2D eigenvalue weighted by molar-refractivity contribution is 6.30. The number of halogens is 1. The van der Waals surface area contributed by atoms with Gasteiger partial charge in [0.05, 0.1) is 0 Å². The summed E-state index contributed by atoms with van der Waals surface area (Å²) in [7, 11) is 0. The van der Waals surface area contributed by atoms with E-state index in [1.807, 2.05) is 0 Å². The highest BCUT2D eigenvalue weighted by Crippen LogP contribution is 2.17. The lowest BCUT2D eigenvalue weighted by atomic mass is 10.2. The van der Waals surface area contributed by atoms with Gasteiger partial charge in [0.2, 0.25) is 6.41 Å². The molecule has 0 aromatic heterocycles. The van der Waals surface area contributed by atoms with Crippen LogP contribution in [0.15, 0.2) is 24.3 Å². The minimum absolute atomic E-state index is 0.0644. The molecule has 1 aromatic carbocycles. The fourth-order valence-corrected chi connectivity index (χ4v) is 2.20. The number of hydrogen-bond acceptors (Lipinski definition) is 3. The van der Waals surface area contributed by atoms with Gasteiger partial charge in [-0.2, -0.15) is 0 Å². The van der Waals surface area contributed by atoms with E-state index < -0.39 is 6.10 Å². The van der Waals surface area contributed by atoms with Crippen molar-refractivity contribution in [1.82, 2.24) is 9.80 Å². The molecule has 1 aliphatic rings. The number of carbonyl (C=O) groups excluding carboxylic acids is 2. The Morgan fingerprint density at radius 3 is 2.40 bits per heavy atom. The van der Waals surface area contributed by atoms with Crippen molar-refractivity contribution < 1.29 is 14.3 Å². The van der Waals surface area contributed by atoms with E-state index in [-0.39, 0.29) is 5.91 Å². The Hall–Kier alpha value is -1.75. The first-order valence-corrected chi connectivity index (χ1v) is 6.88. The molecule has 2 amide bonds. The fourth-order valence-electron chi connectivity index (χ4n) is 2.07. The predicted molar refractivity (Wildman–Crippen MR) is 75.8 cm³/mol. The van der Waals surface area contributed by atoms with E-state index in [0.717, 1.165) is 6.41 Å². The summed E-state index contributed by atoms with van der Waals surface area (Å²) >= 11 is 5.80. The summed E-state index contributed by atoms with van der Waals surface area (Å²) < 4.78 is 5.60. The number of amides is 2. The summed E-state index contributed by atoms with van der Waals surface area (Å²) in [5.41, 5.74) is 0. The highest BCUT2D eigenvalue weighted by Gasteiger charge is 2.25. The zero-order valence-electron chi connectivity index (χ0n) is 11.3. The molecule has 1 saturated heterocycles. The van der Waals surface area contributed by atoms with E-state index in [4.69, 9.17) is 16.3 Å². The van der Waals surface area contributed by atoms with Gasteiger partial charge in [-0.3, -0.25) is 9.59 Å². The van der Waals surface area contributed by atoms with Gasteiger partial charge in [-0.25, -0.2) is 0 Å². The maximum Gasteiger partial charge on any atom is 0.263 e. The van der Waals surface area contributed by atoms with E-state index in [1.165, 1.54) is 0 Å². The molecule has 1 atom stereocenters. The Labute approximate surface area is 123 Å². The van der Waals surface area contributed by atoms with Crippen LogP contribution in [0.1, 0.15) is 6.92 Å². The molecule has 0 bridgehead atoms. The van der Waals surface area contributed by atoms with Crippen LogP contribution in [0.2, 0.25) is 5.02 Å². The Morgan fingerprint density at radius 2 is 1.85 bits per heavy atom. The predicted octanol–water partition coefficient (Wildman–Crippen LogP) is 1.41. The van der Waals surface area contributed by atoms with Crippen molar-refractivity contribution in [3.05, 3.63) is 29.3 Å². The quantitative estimate of drug-likeness (QED) is 0.789. The molecule has 0 aliphatic carbocycles. The van der Waals surface area contributed by atoms with E-state index >= 15 is 0 Å². The Bertz CT molecular complexity index is 470. The number of piperazine rings is 1. The van der Waals surface area contributed by atoms with Crippen molar-refractivity contribution in [2.24, 2.45) is 0 Å². The SMILES string of the molecule is C[C@@H](Oc1ccc(Cl)cc1)C(=O)N1CCN(C=O)CC1. The lowest BCUT2D eigenvalue weighted by molar-refractivity contribution is -0.141. The lowest BCUT2D eigenvalue weighted by Gasteiger charge is -2.33. The van der Waals surface area contributed by atoms with E-state index in [1.54, 1.807) is 41.0 Å². The Balaban J connectivity index is 1.89. The number of ether oxygens (including phenoxy) is 1. The van der Waals surface area contributed by atoms with Gasteiger partial charge >= 0.3 is 0 Å². The van der Waals surface area contributed by atoms with E-state index in [0.29, 0.717) is 37.0 Å². The normalized spacial score (nSPS) is 16.7. The van der Waals surface area contributed by atoms with E-state index in [2.05, 4.69) is 0 Å². The van der Waals surface area contributed by atoms with Gasteiger partial charge in [0.1, 0.15) is 5.75 Å². The first-order chi connectivity index (χ1) is 9.60. The maximum absolute atomic E-state index is 12.2. The average molecular weight is 297 g/mol. The van der Waals surface area contributed by atoms with Crippen LogP contribution in [-0.2, 0) is 9.59 Å². The van der Waals surface area contributed by atoms with Crippen molar-refractivity contribution in [1.29, 1.82) is 0 Å². The van der Waals surface area contributed by atoms with Gasteiger partial charge in [-0.1, -0.05) is 11.6 Å². The van der Waals surface area contributed by atoms with Crippen LogP contribution in [0.25, 0.3) is 0 Å². The molecule has 0 saturated carbocycles. The molecule has 2 rings (SSSR count). The molecule has 0 unspecified atom stereocenters. The number of benzene rings is 1. The molecular formula is C14H17ClN2O3. The van der Waals surface area contributed by atoms with Crippen molar-refractivity contribution in [2.45, 2.75) is 13.0 Å². The van der Waals surface area contributed by atoms with Crippen LogP contribution in [0.4, 0.5) is 0 Å². The van der Waals surface area contributed by atoms with Gasteiger partial charge in [-0.15, -0.1) is 0 Å². The largest absolute Gasteiger partial charge is 0.481 e. The van der Waals surface area contributed by atoms with Gasteiger partial charge in [0, 0.05) is 31.2 Å². The van der Waals surface area contributed by atoms with E-state index in [9.17, 15) is 9.59 Å². The molecule has 1 aliphatic heterocycles. The zero-order chi connectivity index (χ0) is 14.5. The van der Waals surface area contributed by atoms with Crippen LogP contribution >= 0.6 is 11.6 Å². The number of nitrogens with zero attached hydrogens (tertiary/aromatic N) is 2. The summed E-state index contributed by atoms with van der Waals surface area (Å²) in [6.07, 6.45) is 0.258. The van der Waals surface area contributed by atoms with Gasteiger partial charge < -0.3 is 14.5 Å². The third kappa shape index (κ3) is 3.63. The van der Waals surface area contributed by atoms with Crippen LogP contribution < -0.4 is 4.74 Å². The Kier molecular flexibility index (Phi) is 4.84. The summed E-state index contributed by atoms with van der Waals surface area (Å²) in [5.74, 6) is 0.548. The molecule has 0 N–H and O–H groups in total. The molecule has 1 heterocycles. The summed E-state index contributed by atoms with van der Waals surface area (Å²) in [6.45, 7) is 3.96. The first-order valence-electron chi connectivity index (χ1n) is 6.50. The van der Waals surface area contributed by atoms with Gasteiger partial charge in [0.25, 0.3) is 5.91 Å². The molecule has 1 fully saturated rings. The third-order valence-electron chi connectivity index (χ3n) is 3.25. The number of hydrogen-bond donors (Lipinski definition) is 0. The summed E-state index contributed by atoms with van der Waals surface area (Å²) in [4.78, 5) is 26.2. The lowest BCUT2D eigenvalue weighted by Crippen LogP contribution is -2.51. The van der Waals surface area contributed by atoms with Gasteiger partial charge in [-0.05, 0) is 31.2 Å². The van der Waals surface area contributed by atoms with Gasteiger partial charge in [0.15, 0.2) is 6.10 Å². The first kappa shape index (κ1) is 14.7. The molecular weight excluding hydrogens is 280 g/mol. The third-order valence-corrected chi connectivity index (χ3v) is 3.50. The fraction of sp³-hybridized carbons (Fsp3) is 0.429. The van der Waals surface area contributed by atoms with Crippen LogP contribution in [0.5, 0.6) is 5.75 Å². The molecule has 20 heavy (non-hydrogen) atoms. The smallest absolute Gasteiger partial charge is 0.263 e. The second-order valence-electron chi connectivity index (χ2n) is 4.68. The zero-order valence-corrected chi connectivity index (χ0v) is 12.0. The second kappa shape index (κ2) is 6.61. The molecule has 5 nitrogen and oxygen atoms in total. The monoisotopic (exact) mass is 296 g/mol. The van der Waals surface area contributed by atoms with Crippen LogP contribution in [-0.4, -0.2) is 54.4 Å². The van der Waals surface area contributed by atoms with Crippen molar-refractivity contribution in [2.75, 3.05) is 26.2 Å². The number of rotatable bonds is 4. The van der Waals surface area contributed by atoms with Crippen LogP contribution in [0.3, 0.4) is 0 Å². The molecule has 1 aromatic rings. The molecule has 0 spiro atoms. The summed E-state index contributed by atoms with van der Waals surface area (Å²) in [6, 6.07) is 6.90. The standard InChI is InChI=1S/C14H17ClN2O3/c1-11(20-13-4-2-12(15)3-5-13)14(19)17-8-6-16(10-18)7-9-17/h2-5,10-11H,6-9H2,1H3/t11-/m1/s1. The maximum atomic E-state index is 12.2.